The largest absolute Gasteiger partial charge is 0.508 e. The van der Waals surface area contributed by atoms with Crippen molar-refractivity contribution in [3.8, 4) is 5.75 Å². The van der Waals surface area contributed by atoms with Crippen LogP contribution in [0.4, 0.5) is 0 Å². The zero-order valence-electron chi connectivity index (χ0n) is 67.3. The van der Waals surface area contributed by atoms with Crippen LogP contribution in [0.25, 0.3) is 0 Å². The van der Waals surface area contributed by atoms with Crippen LogP contribution in [0, 0.1) is 5.92 Å². The maximum Gasteiger partial charge on any atom is 0.327 e. The van der Waals surface area contributed by atoms with Gasteiger partial charge in [-0.05, 0) is 107 Å². The number of aliphatic hydroxyl groups excluding tert-OH is 1. The number of nitrogens with one attached hydrogen (secondary N) is 16. The normalized spacial score (nSPS) is 24.6. The van der Waals surface area contributed by atoms with Crippen LogP contribution in [0.15, 0.2) is 24.3 Å². The highest BCUT2D eigenvalue weighted by Crippen LogP contribution is 2.23. The third-order valence-electron chi connectivity index (χ3n) is 17.7. The third kappa shape index (κ3) is 42.3. The number of benzene rings is 1. The number of aliphatic carboxylic acids is 6. The monoisotopic (exact) mass is 1790 g/mol. The van der Waals surface area contributed by atoms with E-state index >= 15 is 0 Å². The second-order valence-electron chi connectivity index (χ2n) is 28.1. The number of phenolic OH excluding ortho intramolecular Hbond substituents is 1. The summed E-state index contributed by atoms with van der Waals surface area (Å²) in [5.74, 6) is -29.5. The molecule has 682 valence electrons. The van der Waals surface area contributed by atoms with Crippen molar-refractivity contribution in [3.63, 3.8) is 0 Å². The maximum absolute atomic E-state index is 14.5. The number of hydrogen-bond donors (Lipinski definition) is 28. The predicted octanol–water partition coefficient (Wildman–Crippen LogP) is -11.5. The van der Waals surface area contributed by atoms with E-state index in [0.29, 0.717) is 13.0 Å². The molecule has 0 saturated carbocycles. The molecule has 1 fully saturated rings. The Balaban J connectivity index is 2.86. The molecule has 0 aromatic heterocycles. The minimum Gasteiger partial charge on any atom is -0.508 e. The fourth-order valence-corrected chi connectivity index (χ4v) is 13.8. The standard InChI is InChI=1S/C70H110N20O29S3/c1-32(2)55-68(117)84-38(9-7-22-75-70(73)74)59(108)79-37(8-5-6-21-71)60(109)89-47(69(118)119)31-122-121-30-36(72)57(106)76-27-48(93)78-33(3)56(105)85-45(26-54(103)104)66(115)88-46(29-91)67(116)86-43(24-34-10-12-35(92)13-11-34)65(114)82-40(15-18-51(97)98)62(111)83-42(20-23-120-4)64(113)81-39(14-17-50(95)96)61(110)80-41(16-19-52(99)100)63(112)87-44(25-53(101)102)58(107)77-28-49(94)90-55/h10-13,32-33,36-47,55,70,75,91-92H,5-9,14-31,71-74H2,1-4H3,(H,76,106)(H,77,107)(H,78,93)(H,79,108)(H,80,110)(H,81,113)(H,82,114)(H,83,111)(H,84,117)(H,85,105)(H,86,116)(H,87,112)(H,88,115)(H,89,109)(H,90,94)(H,95,96)(H,97,98)(H,99,100)(H,101,102)(H,103,104)(H,118,119)/p+2/t33-,36-,37-,38-,39-,40-,41-,42-,43-,44-,45-,46-,47-,55-/m0/s1. The minimum absolute atomic E-state index is 0.000201. The van der Waals surface area contributed by atoms with Gasteiger partial charge in [-0.1, -0.05) is 47.6 Å². The smallest absolute Gasteiger partial charge is 0.327 e. The highest BCUT2D eigenvalue weighted by Gasteiger charge is 2.39. The number of carbonyl (C=O) groups is 21. The fraction of sp³-hybridized carbons (Fsp3) is 0.614. The number of nitrogens with two attached hydrogens (primary N) is 2. The Kier molecular flexibility index (Phi) is 49.3. The number of aromatic hydroxyl groups is 1. The molecule has 1 aromatic carbocycles. The first-order chi connectivity index (χ1) is 57.4. The van der Waals surface area contributed by atoms with Gasteiger partial charge >= 0.3 is 35.8 Å². The van der Waals surface area contributed by atoms with Gasteiger partial charge in [0, 0.05) is 31.4 Å². The van der Waals surface area contributed by atoms with Gasteiger partial charge in [0.25, 0.3) is 5.91 Å². The summed E-state index contributed by atoms with van der Waals surface area (Å²) < 4.78 is 0. The van der Waals surface area contributed by atoms with Gasteiger partial charge in [-0.2, -0.15) is 11.8 Å². The summed E-state index contributed by atoms with van der Waals surface area (Å²) in [6.45, 7) is 1.28. The van der Waals surface area contributed by atoms with Crippen LogP contribution in [0.2, 0.25) is 0 Å². The minimum atomic E-state index is -2.16. The van der Waals surface area contributed by atoms with Gasteiger partial charge in [-0.25, -0.2) is 4.79 Å². The lowest BCUT2D eigenvalue weighted by Gasteiger charge is -2.28. The number of amides is 15. The van der Waals surface area contributed by atoms with Crippen molar-refractivity contribution in [1.29, 1.82) is 0 Å². The van der Waals surface area contributed by atoms with Gasteiger partial charge in [0.2, 0.25) is 82.7 Å². The molecule has 0 aliphatic carbocycles. The Morgan fingerprint density at radius 3 is 1.30 bits per heavy atom. The molecule has 49 nitrogen and oxygen atoms in total. The lowest BCUT2D eigenvalue weighted by Crippen LogP contribution is -2.69. The Bertz CT molecular complexity index is 3820. The van der Waals surface area contributed by atoms with Crippen LogP contribution in [-0.2, 0) is 107 Å². The molecule has 2 rings (SSSR count). The Morgan fingerprint density at radius 1 is 0.467 bits per heavy atom. The summed E-state index contributed by atoms with van der Waals surface area (Å²) in [4.78, 5) is 283. The number of quaternary nitrogens is 2. The van der Waals surface area contributed by atoms with Crippen molar-refractivity contribution >= 4 is 158 Å². The molecule has 122 heavy (non-hydrogen) atoms. The summed E-state index contributed by atoms with van der Waals surface area (Å²) >= 11 is 1.09. The van der Waals surface area contributed by atoms with E-state index in [1.807, 2.05) is 5.32 Å². The summed E-state index contributed by atoms with van der Waals surface area (Å²) in [5, 5.41) is 116. The van der Waals surface area contributed by atoms with Crippen molar-refractivity contribution in [2.75, 3.05) is 56.3 Å². The average molecular weight is 1790 g/mol. The van der Waals surface area contributed by atoms with E-state index in [4.69, 9.17) is 11.5 Å². The first-order valence-corrected chi connectivity index (χ1v) is 42.1. The average Bonchev–Trinajstić information content (AvgIpc) is 0.859. The van der Waals surface area contributed by atoms with Crippen LogP contribution >= 0.6 is 33.3 Å². The molecule has 1 aromatic rings. The highest BCUT2D eigenvalue weighted by molar-refractivity contribution is 8.76. The summed E-state index contributed by atoms with van der Waals surface area (Å²) in [6.07, 6.45) is -7.63. The van der Waals surface area contributed by atoms with Crippen molar-refractivity contribution in [1.82, 2.24) is 85.1 Å². The van der Waals surface area contributed by atoms with Crippen molar-refractivity contribution in [2.24, 2.45) is 17.4 Å². The second kappa shape index (κ2) is 56.3. The van der Waals surface area contributed by atoms with Gasteiger partial charge in [0.05, 0.1) is 44.8 Å². The van der Waals surface area contributed by atoms with E-state index in [1.165, 1.54) is 26.0 Å². The number of rotatable bonds is 30. The van der Waals surface area contributed by atoms with E-state index in [0.717, 1.165) is 52.4 Å². The van der Waals surface area contributed by atoms with E-state index in [2.05, 4.69) is 91.2 Å². The molecular weight excluding hydrogens is 1680 g/mol. The zero-order chi connectivity index (χ0) is 92.0. The van der Waals surface area contributed by atoms with Crippen molar-refractivity contribution < 1.29 is 153 Å². The molecule has 0 spiro atoms. The van der Waals surface area contributed by atoms with E-state index in [9.17, 15) is 142 Å². The van der Waals surface area contributed by atoms with Crippen molar-refractivity contribution in [3.05, 3.63) is 29.8 Å². The molecule has 0 unspecified atom stereocenters. The zero-order valence-corrected chi connectivity index (χ0v) is 69.7. The predicted molar refractivity (Wildman–Crippen MR) is 429 cm³/mol. The number of thioether (sulfide) groups is 1. The molecule has 14 atom stereocenters. The van der Waals surface area contributed by atoms with Crippen LogP contribution in [0.1, 0.15) is 116 Å². The summed E-state index contributed by atoms with van der Waals surface area (Å²) in [6, 6.07) is -20.2. The molecule has 1 heterocycles. The molecule has 0 radical (unpaired) electrons. The third-order valence-corrected chi connectivity index (χ3v) is 20.8. The second-order valence-corrected chi connectivity index (χ2v) is 31.6. The Morgan fingerprint density at radius 2 is 0.852 bits per heavy atom. The number of phenols is 1. The number of carbonyl (C=O) groups excluding carboxylic acids is 15. The fourth-order valence-electron chi connectivity index (χ4n) is 11.0. The van der Waals surface area contributed by atoms with Crippen LogP contribution in [-0.4, -0.2) is 312 Å². The molecule has 34 N–H and O–H groups in total. The number of unbranched alkanes of at least 4 members (excludes halogenated alkanes) is 1. The van der Waals surface area contributed by atoms with Crippen molar-refractivity contribution in [2.45, 2.75) is 208 Å². The molecule has 15 amide bonds. The Labute approximate surface area is 709 Å². The number of carboxylic acids is 6. The lowest BCUT2D eigenvalue weighted by atomic mass is 10.0. The molecule has 1 saturated heterocycles. The number of carboxylic acid groups (broad SMARTS) is 6. The topological polar surface area (TPSA) is 820 Å². The first kappa shape index (κ1) is 107. The Hall–Kier alpha value is -11.3. The van der Waals surface area contributed by atoms with E-state index < -0.39 is 299 Å². The van der Waals surface area contributed by atoms with Gasteiger partial charge in [0.1, 0.15) is 90.6 Å². The molecular formula is C70H112N20O29S3+2. The summed E-state index contributed by atoms with van der Waals surface area (Å²) in [7, 11) is 1.80. The lowest BCUT2D eigenvalue weighted by molar-refractivity contribution is -0.396. The number of aliphatic hydroxyl groups is 1. The highest BCUT2D eigenvalue weighted by atomic mass is 33.1. The first-order valence-electron chi connectivity index (χ1n) is 38.2. The molecule has 0 bridgehead atoms. The van der Waals surface area contributed by atoms with Gasteiger partial charge in [-0.15, -0.1) is 0 Å². The van der Waals surface area contributed by atoms with Crippen LogP contribution in [0.3, 0.4) is 0 Å². The van der Waals surface area contributed by atoms with E-state index in [-0.39, 0.29) is 67.2 Å². The van der Waals surface area contributed by atoms with Gasteiger partial charge < -0.3 is 144 Å². The van der Waals surface area contributed by atoms with E-state index in [1.54, 1.807) is 6.26 Å². The summed E-state index contributed by atoms with van der Waals surface area (Å²) in [5.41, 5.74) is 19.0. The number of hydrogen-bond acceptors (Lipinski definition) is 29. The SMILES string of the molecule is CSCC[C@@H]1NC(=O)[C@H](CCC(=O)O)NC(=O)[C@H](Cc2ccc(O)cc2)NC(=O)[C@H](CO)NC(=O)[C@H](CC(=O)O)NC(=O)[C@H](C)NC(=O)CNC(=O)[C@@H]([NH3+])CSSC[C@@H](C(=O)O)NC(=O)[C@H](CCCC[NH3+])NC(=O)[C@H](CCCNC(N)N)NC(=O)[C@H](C(C)C)NC(=O)CNC(=O)[C@H](CC(=O)O)NC(=O)[C@H](CCC(=O)O)NC(=O)[C@H](CCC(=O)O)NC1=O. The quantitative estimate of drug-likeness (QED) is 0.0193. The molecule has 52 heteroatoms. The maximum atomic E-state index is 14.5. The van der Waals surface area contributed by atoms with Crippen LogP contribution in [0.5, 0.6) is 5.75 Å². The van der Waals surface area contributed by atoms with Gasteiger partial charge in [-0.3, -0.25) is 101 Å². The molecule has 1 aliphatic heterocycles. The van der Waals surface area contributed by atoms with Gasteiger partial charge in [0.15, 0.2) is 6.04 Å². The van der Waals surface area contributed by atoms with Crippen LogP contribution < -0.4 is 108 Å². The molecule has 1 aliphatic rings.